The van der Waals surface area contributed by atoms with E-state index in [2.05, 4.69) is 9.97 Å². The first-order valence-corrected chi connectivity index (χ1v) is 10.8. The minimum Gasteiger partial charge on any atom is -0.508 e. The topological polar surface area (TPSA) is 108 Å². The van der Waals surface area contributed by atoms with Crippen LogP contribution in [0.1, 0.15) is 34.1 Å². The second-order valence-electron chi connectivity index (χ2n) is 8.31. The van der Waals surface area contributed by atoms with Crippen molar-refractivity contribution in [2.75, 3.05) is 0 Å². The Morgan fingerprint density at radius 2 is 1.82 bits per heavy atom. The van der Waals surface area contributed by atoms with Gasteiger partial charge in [-0.25, -0.2) is 4.98 Å². The molecule has 1 aliphatic rings. The SMILES string of the molecule is Cc1cccn2c(C)c(/C(O)=C3\C(=O)C(=O)N(Cc4cccnc4)C3c3ccc(O)cc3)nc12. The Kier molecular flexibility index (Phi) is 5.13. The second kappa shape index (κ2) is 8.15. The van der Waals surface area contributed by atoms with Crippen molar-refractivity contribution in [2.24, 2.45) is 0 Å². The number of hydrogen-bond acceptors (Lipinski definition) is 6. The Morgan fingerprint density at radius 1 is 1.06 bits per heavy atom. The molecule has 1 unspecified atom stereocenters. The molecule has 3 aromatic heterocycles. The van der Waals surface area contributed by atoms with Crippen molar-refractivity contribution >= 4 is 23.1 Å². The number of aliphatic hydroxyl groups is 1. The predicted octanol–water partition coefficient (Wildman–Crippen LogP) is 3.67. The lowest BCUT2D eigenvalue weighted by molar-refractivity contribution is -0.140. The van der Waals surface area contributed by atoms with Gasteiger partial charge >= 0.3 is 0 Å². The summed E-state index contributed by atoms with van der Waals surface area (Å²) >= 11 is 0. The van der Waals surface area contributed by atoms with Crippen LogP contribution in [0.15, 0.2) is 72.7 Å². The number of amides is 1. The van der Waals surface area contributed by atoms with Crippen molar-refractivity contribution < 1.29 is 19.8 Å². The van der Waals surface area contributed by atoms with Crippen LogP contribution in [-0.2, 0) is 16.1 Å². The highest BCUT2D eigenvalue weighted by molar-refractivity contribution is 6.46. The number of aromatic nitrogens is 3. The molecule has 170 valence electrons. The number of phenolic OH excluding ortho intramolecular Hbond substituents is 1. The third kappa shape index (κ3) is 3.40. The van der Waals surface area contributed by atoms with Crippen LogP contribution < -0.4 is 0 Å². The maximum Gasteiger partial charge on any atom is 0.295 e. The molecular weight excluding hydrogens is 432 g/mol. The van der Waals surface area contributed by atoms with E-state index in [1.54, 1.807) is 37.5 Å². The largest absolute Gasteiger partial charge is 0.508 e. The van der Waals surface area contributed by atoms with E-state index < -0.39 is 17.7 Å². The molecular formula is C26H22N4O4. The number of carbonyl (C=O) groups is 2. The Bertz CT molecular complexity index is 1460. The van der Waals surface area contributed by atoms with E-state index in [9.17, 15) is 19.8 Å². The number of pyridine rings is 2. The molecule has 1 aliphatic heterocycles. The van der Waals surface area contributed by atoms with E-state index in [1.165, 1.54) is 17.0 Å². The van der Waals surface area contributed by atoms with E-state index in [0.29, 0.717) is 16.9 Å². The van der Waals surface area contributed by atoms with Crippen molar-refractivity contribution in [2.45, 2.75) is 26.4 Å². The van der Waals surface area contributed by atoms with Gasteiger partial charge in [-0.3, -0.25) is 14.6 Å². The minimum absolute atomic E-state index is 0.0382. The summed E-state index contributed by atoms with van der Waals surface area (Å²) in [5, 5.41) is 21.2. The molecule has 0 aliphatic carbocycles. The van der Waals surface area contributed by atoms with E-state index >= 15 is 0 Å². The average molecular weight is 454 g/mol. The molecule has 5 rings (SSSR count). The van der Waals surface area contributed by atoms with Gasteiger partial charge in [-0.05, 0) is 54.8 Å². The van der Waals surface area contributed by atoms with E-state index in [1.807, 2.05) is 35.7 Å². The zero-order valence-electron chi connectivity index (χ0n) is 18.6. The second-order valence-corrected chi connectivity index (χ2v) is 8.31. The fraction of sp³-hybridized carbons (Fsp3) is 0.154. The van der Waals surface area contributed by atoms with Crippen LogP contribution in [0.3, 0.4) is 0 Å². The van der Waals surface area contributed by atoms with Crippen LogP contribution in [0.25, 0.3) is 11.4 Å². The Hall–Kier alpha value is -4.46. The smallest absolute Gasteiger partial charge is 0.295 e. The fourth-order valence-corrected chi connectivity index (χ4v) is 4.41. The van der Waals surface area contributed by atoms with Gasteiger partial charge < -0.3 is 19.5 Å². The summed E-state index contributed by atoms with van der Waals surface area (Å²) < 4.78 is 1.84. The minimum atomic E-state index is -0.855. The molecule has 1 aromatic carbocycles. The number of benzene rings is 1. The Labute approximate surface area is 195 Å². The number of Topliss-reactive ketones (excluding diaryl/α,β-unsaturated/α-hetero) is 1. The van der Waals surface area contributed by atoms with Crippen molar-refractivity contribution in [1.82, 2.24) is 19.3 Å². The first-order valence-electron chi connectivity index (χ1n) is 10.8. The maximum atomic E-state index is 13.3. The third-order valence-electron chi connectivity index (χ3n) is 6.13. The Balaban J connectivity index is 1.71. The number of rotatable bonds is 4. The standard InChI is InChI=1S/C26H22N4O4/c1-15-5-4-12-29-16(2)21(28-25(15)29)23(32)20-22(18-7-9-19(31)10-8-18)30(26(34)24(20)33)14-17-6-3-11-27-13-17/h3-13,22,31-32H,14H2,1-2H3/b23-20+. The molecule has 8 heteroatoms. The summed E-state index contributed by atoms with van der Waals surface area (Å²) in [6.07, 6.45) is 5.09. The summed E-state index contributed by atoms with van der Waals surface area (Å²) in [6, 6.07) is 12.7. The van der Waals surface area contributed by atoms with Gasteiger partial charge in [0.05, 0.1) is 17.3 Å². The zero-order chi connectivity index (χ0) is 24.0. The van der Waals surface area contributed by atoms with Gasteiger partial charge in [0.2, 0.25) is 0 Å². The third-order valence-corrected chi connectivity index (χ3v) is 6.13. The van der Waals surface area contributed by atoms with Gasteiger partial charge in [0.1, 0.15) is 17.1 Å². The first-order chi connectivity index (χ1) is 16.4. The van der Waals surface area contributed by atoms with Crippen LogP contribution in [0.2, 0.25) is 0 Å². The lowest BCUT2D eigenvalue weighted by Crippen LogP contribution is -2.29. The predicted molar refractivity (Wildman–Crippen MR) is 125 cm³/mol. The normalized spacial score (nSPS) is 17.6. The van der Waals surface area contributed by atoms with Crippen LogP contribution in [0.4, 0.5) is 0 Å². The Morgan fingerprint density at radius 3 is 2.50 bits per heavy atom. The number of imidazole rings is 1. The molecule has 1 atom stereocenters. The lowest BCUT2D eigenvalue weighted by Gasteiger charge is -2.25. The number of ketones is 1. The monoisotopic (exact) mass is 454 g/mol. The van der Waals surface area contributed by atoms with Crippen LogP contribution in [0.5, 0.6) is 5.75 Å². The van der Waals surface area contributed by atoms with Gasteiger partial charge in [-0.15, -0.1) is 0 Å². The highest BCUT2D eigenvalue weighted by atomic mass is 16.3. The number of nitrogens with zero attached hydrogens (tertiary/aromatic N) is 4. The first kappa shape index (κ1) is 21.4. The van der Waals surface area contributed by atoms with Crippen molar-refractivity contribution in [3.05, 3.63) is 101 Å². The molecule has 8 nitrogen and oxygen atoms in total. The van der Waals surface area contributed by atoms with Crippen molar-refractivity contribution in [1.29, 1.82) is 0 Å². The number of aromatic hydroxyl groups is 1. The molecule has 34 heavy (non-hydrogen) atoms. The summed E-state index contributed by atoms with van der Waals surface area (Å²) in [5.41, 5.74) is 3.76. The van der Waals surface area contributed by atoms with E-state index in [0.717, 1.165) is 11.1 Å². The maximum absolute atomic E-state index is 13.3. The highest BCUT2D eigenvalue weighted by Crippen LogP contribution is 2.41. The van der Waals surface area contributed by atoms with E-state index in [4.69, 9.17) is 0 Å². The number of fused-ring (bicyclic) bond motifs is 1. The number of hydrogen-bond donors (Lipinski definition) is 2. The molecule has 1 saturated heterocycles. The number of aryl methyl sites for hydroxylation is 2. The molecule has 1 fully saturated rings. The summed E-state index contributed by atoms with van der Waals surface area (Å²) in [5.74, 6) is -1.78. The van der Waals surface area contributed by atoms with Crippen molar-refractivity contribution in [3.63, 3.8) is 0 Å². The van der Waals surface area contributed by atoms with Gasteiger partial charge in [0, 0.05) is 25.1 Å². The quantitative estimate of drug-likeness (QED) is 0.277. The average Bonchev–Trinajstić information content (AvgIpc) is 3.30. The zero-order valence-corrected chi connectivity index (χ0v) is 18.6. The van der Waals surface area contributed by atoms with Crippen LogP contribution in [0, 0.1) is 13.8 Å². The lowest BCUT2D eigenvalue weighted by atomic mass is 9.96. The molecule has 1 amide bonds. The molecule has 0 saturated carbocycles. The number of likely N-dealkylation sites (tertiary alicyclic amines) is 1. The van der Waals surface area contributed by atoms with Crippen molar-refractivity contribution in [3.8, 4) is 5.75 Å². The molecule has 2 N–H and O–H groups in total. The van der Waals surface area contributed by atoms with Gasteiger partial charge in [0.25, 0.3) is 11.7 Å². The van der Waals surface area contributed by atoms with E-state index in [-0.39, 0.29) is 29.3 Å². The molecule has 4 heterocycles. The van der Waals surface area contributed by atoms with Crippen LogP contribution in [-0.4, -0.2) is 41.2 Å². The summed E-state index contributed by atoms with van der Waals surface area (Å²) in [4.78, 5) is 36.5. The van der Waals surface area contributed by atoms with Gasteiger partial charge in [-0.2, -0.15) is 0 Å². The summed E-state index contributed by atoms with van der Waals surface area (Å²) in [7, 11) is 0. The number of carbonyl (C=O) groups excluding carboxylic acids is 2. The fourth-order valence-electron chi connectivity index (χ4n) is 4.41. The molecule has 0 radical (unpaired) electrons. The molecule has 0 spiro atoms. The number of aliphatic hydroxyl groups excluding tert-OH is 1. The molecule has 4 aromatic rings. The highest BCUT2D eigenvalue weighted by Gasteiger charge is 2.46. The van der Waals surface area contributed by atoms with Gasteiger partial charge in [-0.1, -0.05) is 24.3 Å². The number of phenols is 1. The van der Waals surface area contributed by atoms with Gasteiger partial charge in [0.15, 0.2) is 5.76 Å². The molecule has 0 bridgehead atoms. The summed E-state index contributed by atoms with van der Waals surface area (Å²) in [6.45, 7) is 3.84. The van der Waals surface area contributed by atoms with Crippen LogP contribution >= 0.6 is 0 Å².